The van der Waals surface area contributed by atoms with Gasteiger partial charge in [0.05, 0.1) is 19.8 Å². The Hall–Kier alpha value is -0.870. The number of hydrogen-bond acceptors (Lipinski definition) is 3. The molecule has 0 atom stereocenters. The Morgan fingerprint density at radius 2 is 2.17 bits per heavy atom. The van der Waals surface area contributed by atoms with Crippen molar-refractivity contribution >= 4 is 5.97 Å². The van der Waals surface area contributed by atoms with E-state index in [0.717, 1.165) is 0 Å². The van der Waals surface area contributed by atoms with Crippen LogP contribution in [0.3, 0.4) is 0 Å². The summed E-state index contributed by atoms with van der Waals surface area (Å²) in [6.07, 6.45) is 1.53. The molecule has 70 valence electrons. The van der Waals surface area contributed by atoms with Crippen LogP contribution in [0.1, 0.15) is 6.92 Å². The molecule has 0 aromatic carbocycles. The zero-order chi connectivity index (χ0) is 9.40. The Labute approximate surface area is 71.8 Å². The van der Waals surface area contributed by atoms with Gasteiger partial charge in [0, 0.05) is 12.7 Å². The zero-order valence-electron chi connectivity index (χ0n) is 7.37. The molecule has 12 heavy (non-hydrogen) atoms. The summed E-state index contributed by atoms with van der Waals surface area (Å²) < 4.78 is 9.76. The SMILES string of the molecule is COCCOCC=C(C)C(=O)O. The zero-order valence-corrected chi connectivity index (χ0v) is 7.37. The molecular weight excluding hydrogens is 160 g/mol. The average molecular weight is 174 g/mol. The van der Waals surface area contributed by atoms with Crippen molar-refractivity contribution < 1.29 is 19.4 Å². The highest BCUT2D eigenvalue weighted by atomic mass is 16.5. The maximum Gasteiger partial charge on any atom is 0.331 e. The van der Waals surface area contributed by atoms with Gasteiger partial charge in [-0.1, -0.05) is 0 Å². The van der Waals surface area contributed by atoms with E-state index in [1.165, 1.54) is 13.0 Å². The van der Waals surface area contributed by atoms with Crippen molar-refractivity contribution in [1.82, 2.24) is 0 Å². The van der Waals surface area contributed by atoms with Crippen LogP contribution < -0.4 is 0 Å². The maximum atomic E-state index is 10.3. The highest BCUT2D eigenvalue weighted by Crippen LogP contribution is 1.91. The molecule has 4 nitrogen and oxygen atoms in total. The molecule has 0 unspecified atom stereocenters. The van der Waals surface area contributed by atoms with E-state index in [1.54, 1.807) is 7.11 Å². The Morgan fingerprint density at radius 1 is 1.50 bits per heavy atom. The van der Waals surface area contributed by atoms with Crippen LogP contribution in [0, 0.1) is 0 Å². The highest BCUT2D eigenvalue weighted by molar-refractivity contribution is 5.85. The third-order valence-corrected chi connectivity index (χ3v) is 1.28. The summed E-state index contributed by atoms with van der Waals surface area (Å²) in [5, 5.41) is 8.44. The van der Waals surface area contributed by atoms with Gasteiger partial charge in [-0.2, -0.15) is 0 Å². The molecule has 4 heteroatoms. The molecule has 0 bridgehead atoms. The molecule has 0 aromatic rings. The van der Waals surface area contributed by atoms with Crippen LogP contribution in [-0.2, 0) is 14.3 Å². The van der Waals surface area contributed by atoms with Crippen LogP contribution in [0.25, 0.3) is 0 Å². The Balaban J connectivity index is 3.40. The van der Waals surface area contributed by atoms with Gasteiger partial charge in [-0.25, -0.2) is 4.79 Å². The van der Waals surface area contributed by atoms with E-state index in [1.807, 2.05) is 0 Å². The van der Waals surface area contributed by atoms with Gasteiger partial charge >= 0.3 is 5.97 Å². The van der Waals surface area contributed by atoms with E-state index in [0.29, 0.717) is 25.4 Å². The van der Waals surface area contributed by atoms with E-state index in [-0.39, 0.29) is 0 Å². The lowest BCUT2D eigenvalue weighted by Crippen LogP contribution is -2.03. The second kappa shape index (κ2) is 6.82. The van der Waals surface area contributed by atoms with Gasteiger partial charge in [0.15, 0.2) is 0 Å². The van der Waals surface area contributed by atoms with Gasteiger partial charge in [-0.05, 0) is 13.0 Å². The number of carboxylic acids is 1. The van der Waals surface area contributed by atoms with Crippen LogP contribution >= 0.6 is 0 Å². The van der Waals surface area contributed by atoms with Crippen LogP contribution in [0.4, 0.5) is 0 Å². The molecule has 0 saturated carbocycles. The van der Waals surface area contributed by atoms with Gasteiger partial charge in [-0.15, -0.1) is 0 Å². The van der Waals surface area contributed by atoms with Crippen molar-refractivity contribution in [2.75, 3.05) is 26.9 Å². The molecule has 0 heterocycles. The van der Waals surface area contributed by atoms with E-state index in [9.17, 15) is 4.79 Å². The first-order valence-corrected chi connectivity index (χ1v) is 3.65. The van der Waals surface area contributed by atoms with Gasteiger partial charge in [0.25, 0.3) is 0 Å². The van der Waals surface area contributed by atoms with E-state index >= 15 is 0 Å². The summed E-state index contributed by atoms with van der Waals surface area (Å²) in [6, 6.07) is 0. The molecule has 0 rings (SSSR count). The predicted octanol–water partition coefficient (Wildman–Crippen LogP) is 0.680. The van der Waals surface area contributed by atoms with Crippen LogP contribution in [-0.4, -0.2) is 38.0 Å². The molecule has 0 aromatic heterocycles. The minimum Gasteiger partial charge on any atom is -0.478 e. The summed E-state index contributed by atoms with van der Waals surface area (Å²) in [5.74, 6) is -0.912. The van der Waals surface area contributed by atoms with Gasteiger partial charge < -0.3 is 14.6 Å². The predicted molar refractivity (Wildman–Crippen MR) is 44.1 cm³/mol. The summed E-state index contributed by atoms with van der Waals surface area (Å²) in [6.45, 7) is 2.86. The molecule has 0 aliphatic rings. The molecular formula is C8H14O4. The molecule has 0 aliphatic carbocycles. The number of ether oxygens (including phenoxy) is 2. The number of methoxy groups -OCH3 is 1. The minimum absolute atomic E-state index is 0.299. The second-order valence-corrected chi connectivity index (χ2v) is 2.26. The van der Waals surface area contributed by atoms with Crippen LogP contribution in [0.15, 0.2) is 11.6 Å². The summed E-state index contributed by atoms with van der Waals surface area (Å²) in [5.41, 5.74) is 0.299. The highest BCUT2D eigenvalue weighted by Gasteiger charge is 1.97. The summed E-state index contributed by atoms with van der Waals surface area (Å²) in [7, 11) is 1.59. The first-order valence-electron chi connectivity index (χ1n) is 3.65. The minimum atomic E-state index is -0.912. The monoisotopic (exact) mass is 174 g/mol. The molecule has 1 N–H and O–H groups in total. The Kier molecular flexibility index (Phi) is 6.32. The largest absolute Gasteiger partial charge is 0.478 e. The summed E-state index contributed by atoms with van der Waals surface area (Å²) in [4.78, 5) is 10.3. The first-order chi connectivity index (χ1) is 5.68. The van der Waals surface area contributed by atoms with Crippen molar-refractivity contribution in [3.05, 3.63) is 11.6 Å². The lowest BCUT2D eigenvalue weighted by molar-refractivity contribution is -0.132. The molecule has 0 radical (unpaired) electrons. The van der Waals surface area contributed by atoms with Crippen molar-refractivity contribution in [1.29, 1.82) is 0 Å². The van der Waals surface area contributed by atoms with Gasteiger partial charge in [0.1, 0.15) is 0 Å². The molecule has 0 fully saturated rings. The average Bonchev–Trinajstić information content (AvgIpc) is 2.03. The van der Waals surface area contributed by atoms with Gasteiger partial charge in [-0.3, -0.25) is 0 Å². The lowest BCUT2D eigenvalue weighted by atomic mass is 10.3. The van der Waals surface area contributed by atoms with Crippen molar-refractivity contribution in [3.8, 4) is 0 Å². The molecule has 0 saturated heterocycles. The summed E-state index contributed by atoms with van der Waals surface area (Å²) >= 11 is 0. The third-order valence-electron chi connectivity index (χ3n) is 1.28. The fraction of sp³-hybridized carbons (Fsp3) is 0.625. The lowest BCUT2D eigenvalue weighted by Gasteiger charge is -1.99. The number of carbonyl (C=O) groups is 1. The normalized spacial score (nSPS) is 11.7. The molecule has 0 aliphatic heterocycles. The number of aliphatic carboxylic acids is 1. The van der Waals surface area contributed by atoms with E-state index in [4.69, 9.17) is 14.6 Å². The third kappa shape index (κ3) is 5.88. The first kappa shape index (κ1) is 11.1. The molecule has 0 amide bonds. The topological polar surface area (TPSA) is 55.8 Å². The molecule has 0 spiro atoms. The van der Waals surface area contributed by atoms with Gasteiger partial charge in [0.2, 0.25) is 0 Å². The number of hydrogen-bond donors (Lipinski definition) is 1. The van der Waals surface area contributed by atoms with Crippen molar-refractivity contribution in [2.45, 2.75) is 6.92 Å². The number of rotatable bonds is 6. The Morgan fingerprint density at radius 3 is 2.67 bits per heavy atom. The smallest absolute Gasteiger partial charge is 0.331 e. The fourth-order valence-electron chi connectivity index (χ4n) is 0.497. The van der Waals surface area contributed by atoms with Crippen molar-refractivity contribution in [2.24, 2.45) is 0 Å². The second-order valence-electron chi connectivity index (χ2n) is 2.26. The maximum absolute atomic E-state index is 10.3. The fourth-order valence-corrected chi connectivity index (χ4v) is 0.497. The number of carboxylic acid groups (broad SMARTS) is 1. The standard InChI is InChI=1S/C8H14O4/c1-7(8(9)10)3-4-12-6-5-11-2/h3H,4-6H2,1-2H3,(H,9,10). The van der Waals surface area contributed by atoms with Crippen molar-refractivity contribution in [3.63, 3.8) is 0 Å². The van der Waals surface area contributed by atoms with Crippen LogP contribution in [0.2, 0.25) is 0 Å². The quantitative estimate of drug-likeness (QED) is 0.475. The van der Waals surface area contributed by atoms with Crippen LogP contribution in [0.5, 0.6) is 0 Å². The Bertz CT molecular complexity index is 162. The van der Waals surface area contributed by atoms with E-state index < -0.39 is 5.97 Å². The van der Waals surface area contributed by atoms with E-state index in [2.05, 4.69) is 0 Å².